The summed E-state index contributed by atoms with van der Waals surface area (Å²) in [4.78, 5) is 2.43. The molecule has 2 atom stereocenters. The third kappa shape index (κ3) is 3.04. The normalized spacial score (nSPS) is 21.5. The number of rotatable bonds is 3. The Hall–Kier alpha value is -1.58. The van der Waals surface area contributed by atoms with Crippen molar-refractivity contribution in [3.05, 3.63) is 42.0 Å². The van der Waals surface area contributed by atoms with Crippen molar-refractivity contribution in [1.29, 1.82) is 0 Å². The Morgan fingerprint density at radius 3 is 2.90 bits per heavy atom. The summed E-state index contributed by atoms with van der Waals surface area (Å²) in [6.45, 7) is 5.02. The first-order chi connectivity index (χ1) is 10.1. The van der Waals surface area contributed by atoms with Gasteiger partial charge in [-0.15, -0.1) is 0 Å². The van der Waals surface area contributed by atoms with Crippen LogP contribution in [0.15, 0.2) is 36.4 Å². The highest BCUT2D eigenvalue weighted by Crippen LogP contribution is 2.30. The first kappa shape index (κ1) is 14.4. The predicted octanol–water partition coefficient (Wildman–Crippen LogP) is 3.10. The molecule has 0 bridgehead atoms. The van der Waals surface area contributed by atoms with E-state index in [0.29, 0.717) is 11.7 Å². The fourth-order valence-electron chi connectivity index (χ4n) is 3.38. The molecule has 0 aliphatic carbocycles. The van der Waals surface area contributed by atoms with Crippen LogP contribution in [0.3, 0.4) is 0 Å². The van der Waals surface area contributed by atoms with E-state index in [1.807, 2.05) is 24.3 Å². The molecule has 2 unspecified atom stereocenters. The second-order valence-electron chi connectivity index (χ2n) is 6.28. The summed E-state index contributed by atoms with van der Waals surface area (Å²) in [6, 6.07) is 12.3. The summed E-state index contributed by atoms with van der Waals surface area (Å²) in [7, 11) is 0. The molecule has 0 saturated carbocycles. The van der Waals surface area contributed by atoms with Crippen LogP contribution < -0.4 is 5.73 Å². The first-order valence-corrected chi connectivity index (χ1v) is 7.82. The molecule has 0 radical (unpaired) electrons. The van der Waals surface area contributed by atoms with Gasteiger partial charge in [-0.1, -0.05) is 30.3 Å². The van der Waals surface area contributed by atoms with Gasteiger partial charge in [-0.2, -0.15) is 0 Å². The maximum Gasteiger partial charge on any atom is 0.120 e. The Kier molecular flexibility index (Phi) is 4.13. The quantitative estimate of drug-likeness (QED) is 0.910. The molecule has 3 N–H and O–H groups in total. The van der Waals surface area contributed by atoms with Crippen LogP contribution in [0.1, 0.15) is 25.3 Å². The molecule has 0 spiro atoms. The molecule has 1 aliphatic rings. The lowest BCUT2D eigenvalue weighted by atomic mass is 9.91. The molecular weight excluding hydrogens is 260 g/mol. The average molecular weight is 284 g/mol. The van der Waals surface area contributed by atoms with E-state index in [4.69, 9.17) is 5.73 Å². The molecular formula is C18H24N2O. The highest BCUT2D eigenvalue weighted by atomic mass is 16.3. The topological polar surface area (TPSA) is 49.5 Å². The zero-order valence-corrected chi connectivity index (χ0v) is 12.6. The molecule has 3 rings (SSSR count). The Balaban J connectivity index is 1.86. The van der Waals surface area contributed by atoms with Gasteiger partial charge in [0.05, 0.1) is 0 Å². The van der Waals surface area contributed by atoms with Crippen LogP contribution in [0, 0.1) is 5.92 Å². The number of hydrogen-bond acceptors (Lipinski definition) is 3. The maximum absolute atomic E-state index is 10.3. The van der Waals surface area contributed by atoms with Gasteiger partial charge in [0.2, 0.25) is 0 Å². The Morgan fingerprint density at radius 2 is 2.10 bits per heavy atom. The van der Waals surface area contributed by atoms with Crippen molar-refractivity contribution in [2.24, 2.45) is 11.7 Å². The van der Waals surface area contributed by atoms with Crippen LogP contribution in [-0.2, 0) is 6.54 Å². The third-order valence-electron chi connectivity index (χ3n) is 4.68. The number of nitrogens with zero attached hydrogens (tertiary/aromatic N) is 1. The highest BCUT2D eigenvalue weighted by Gasteiger charge is 2.23. The van der Waals surface area contributed by atoms with Crippen LogP contribution in [0.25, 0.3) is 10.8 Å². The smallest absolute Gasteiger partial charge is 0.120 e. The molecule has 21 heavy (non-hydrogen) atoms. The summed E-state index contributed by atoms with van der Waals surface area (Å²) in [5.41, 5.74) is 7.11. The molecule has 3 nitrogen and oxygen atoms in total. The van der Waals surface area contributed by atoms with Crippen LogP contribution in [-0.4, -0.2) is 29.1 Å². The van der Waals surface area contributed by atoms with Gasteiger partial charge in [0.15, 0.2) is 0 Å². The SMILES string of the molecule is CC(N)C1CCCN(Cc2c(O)ccc3ccccc23)C1. The fraction of sp³-hybridized carbons (Fsp3) is 0.444. The number of piperidine rings is 1. The minimum absolute atomic E-state index is 0.244. The van der Waals surface area contributed by atoms with Crippen molar-refractivity contribution in [2.45, 2.75) is 32.4 Å². The fourth-order valence-corrected chi connectivity index (χ4v) is 3.38. The van der Waals surface area contributed by atoms with Gasteiger partial charge in [0.25, 0.3) is 0 Å². The van der Waals surface area contributed by atoms with Crippen molar-refractivity contribution in [3.8, 4) is 5.75 Å². The average Bonchev–Trinajstić information content (AvgIpc) is 2.50. The number of phenolic OH excluding ortho intramolecular Hbond substituents is 1. The number of benzene rings is 2. The van der Waals surface area contributed by atoms with Gasteiger partial charge in [-0.3, -0.25) is 4.90 Å². The van der Waals surface area contributed by atoms with Crippen LogP contribution in [0.2, 0.25) is 0 Å². The summed E-state index contributed by atoms with van der Waals surface area (Å²) in [5, 5.41) is 12.6. The van der Waals surface area contributed by atoms with Crippen molar-refractivity contribution >= 4 is 10.8 Å². The second kappa shape index (κ2) is 6.04. The van der Waals surface area contributed by atoms with Gasteiger partial charge in [-0.25, -0.2) is 0 Å². The molecule has 1 heterocycles. The van der Waals surface area contributed by atoms with Gasteiger partial charge in [-0.05, 0) is 49.1 Å². The second-order valence-corrected chi connectivity index (χ2v) is 6.28. The number of phenols is 1. The zero-order valence-electron chi connectivity index (χ0n) is 12.6. The molecule has 0 amide bonds. The molecule has 1 saturated heterocycles. The van der Waals surface area contributed by atoms with Crippen LogP contribution in [0.5, 0.6) is 5.75 Å². The Morgan fingerprint density at radius 1 is 1.29 bits per heavy atom. The van der Waals surface area contributed by atoms with Gasteiger partial charge in [0, 0.05) is 24.7 Å². The van der Waals surface area contributed by atoms with E-state index in [0.717, 1.165) is 30.6 Å². The lowest BCUT2D eigenvalue weighted by molar-refractivity contribution is 0.153. The number of likely N-dealkylation sites (tertiary alicyclic amines) is 1. The Labute approximate surface area is 126 Å². The summed E-state index contributed by atoms with van der Waals surface area (Å²) in [5.74, 6) is 0.965. The monoisotopic (exact) mass is 284 g/mol. The van der Waals surface area contributed by atoms with Gasteiger partial charge < -0.3 is 10.8 Å². The minimum Gasteiger partial charge on any atom is -0.508 e. The third-order valence-corrected chi connectivity index (χ3v) is 4.68. The first-order valence-electron chi connectivity index (χ1n) is 7.82. The lowest BCUT2D eigenvalue weighted by Gasteiger charge is -2.35. The molecule has 1 aliphatic heterocycles. The number of hydrogen-bond donors (Lipinski definition) is 2. The summed E-state index contributed by atoms with van der Waals surface area (Å²) >= 11 is 0. The Bertz CT molecular complexity index is 624. The summed E-state index contributed by atoms with van der Waals surface area (Å²) in [6.07, 6.45) is 2.41. The molecule has 112 valence electrons. The van der Waals surface area contributed by atoms with Crippen molar-refractivity contribution in [1.82, 2.24) is 4.90 Å². The number of aromatic hydroxyl groups is 1. The number of nitrogens with two attached hydrogens (primary N) is 1. The van der Waals surface area contributed by atoms with E-state index in [-0.39, 0.29) is 6.04 Å². The zero-order chi connectivity index (χ0) is 14.8. The van der Waals surface area contributed by atoms with Crippen molar-refractivity contribution in [3.63, 3.8) is 0 Å². The van der Waals surface area contributed by atoms with Crippen molar-refractivity contribution in [2.75, 3.05) is 13.1 Å². The molecule has 3 heteroatoms. The van der Waals surface area contributed by atoms with Gasteiger partial charge >= 0.3 is 0 Å². The van der Waals surface area contributed by atoms with E-state index in [9.17, 15) is 5.11 Å². The van der Waals surface area contributed by atoms with E-state index in [2.05, 4.69) is 24.0 Å². The van der Waals surface area contributed by atoms with Crippen LogP contribution >= 0.6 is 0 Å². The van der Waals surface area contributed by atoms with Gasteiger partial charge in [0.1, 0.15) is 5.75 Å². The predicted molar refractivity (Wildman–Crippen MR) is 87.3 cm³/mol. The molecule has 0 aromatic heterocycles. The minimum atomic E-state index is 0.244. The largest absolute Gasteiger partial charge is 0.508 e. The lowest BCUT2D eigenvalue weighted by Crippen LogP contribution is -2.41. The maximum atomic E-state index is 10.3. The standard InChI is InChI=1S/C18H24N2O/c1-13(19)15-6-4-10-20(11-15)12-17-16-7-3-2-5-14(16)8-9-18(17)21/h2-3,5,7-9,13,15,21H,4,6,10-12,19H2,1H3. The van der Waals surface area contributed by atoms with E-state index in [1.165, 1.54) is 18.2 Å². The van der Waals surface area contributed by atoms with E-state index < -0.39 is 0 Å². The number of fused-ring (bicyclic) bond motifs is 1. The molecule has 2 aromatic carbocycles. The molecule has 2 aromatic rings. The summed E-state index contributed by atoms with van der Waals surface area (Å²) < 4.78 is 0. The molecule has 1 fully saturated rings. The van der Waals surface area contributed by atoms with E-state index in [1.54, 1.807) is 0 Å². The highest BCUT2D eigenvalue weighted by molar-refractivity contribution is 5.87. The van der Waals surface area contributed by atoms with Crippen LogP contribution in [0.4, 0.5) is 0 Å². The van der Waals surface area contributed by atoms with Crippen molar-refractivity contribution < 1.29 is 5.11 Å². The van der Waals surface area contributed by atoms with E-state index >= 15 is 0 Å².